The van der Waals surface area contributed by atoms with Gasteiger partial charge in [-0.05, 0) is 36.8 Å². The van der Waals surface area contributed by atoms with Crippen LogP contribution in [0.5, 0.6) is 0 Å². The zero-order valence-electron chi connectivity index (χ0n) is 27.7. The summed E-state index contributed by atoms with van der Waals surface area (Å²) in [5, 5.41) is 22.0. The quantitative estimate of drug-likeness (QED) is 0.0341. The van der Waals surface area contributed by atoms with Gasteiger partial charge in [-0.15, -0.1) is 23.1 Å². The molecule has 18 heteroatoms. The molecule has 5 rings (SSSR count). The molecule has 2 amide bonds. The molecule has 0 radical (unpaired) electrons. The fraction of sp³-hybridized carbons (Fsp3) is 0.219. The first kappa shape index (κ1) is 41.6. The number of hydrogen-bond acceptors (Lipinski definition) is 13. The smallest absolute Gasteiger partial charge is 0.731 e. The third-order valence-corrected chi connectivity index (χ3v) is 10.2. The van der Waals surface area contributed by atoms with E-state index in [2.05, 4.69) is 20.8 Å². The zero-order valence-corrected chi connectivity index (χ0v) is 34.2. The van der Waals surface area contributed by atoms with Gasteiger partial charge in [-0.1, -0.05) is 96.2 Å². The van der Waals surface area contributed by atoms with E-state index in [1.807, 2.05) is 91.0 Å². The first-order valence-electron chi connectivity index (χ1n) is 14.3. The molecular weight excluding hydrogens is 725 g/mol. The molecule has 0 spiro atoms. The van der Waals surface area contributed by atoms with Crippen molar-refractivity contribution in [3.05, 3.63) is 119 Å². The number of benzene rings is 3. The number of carboxylic acids is 1. The van der Waals surface area contributed by atoms with Gasteiger partial charge in [0.25, 0.3) is 11.8 Å². The summed E-state index contributed by atoms with van der Waals surface area (Å²) < 4.78 is 34.9. The molecular formula is C32H29N5Na2O8S3. The summed E-state index contributed by atoms with van der Waals surface area (Å²) in [4.78, 5) is 47.6. The van der Waals surface area contributed by atoms with Crippen molar-refractivity contribution in [1.29, 1.82) is 0 Å². The number of anilines is 1. The molecule has 250 valence electrons. The number of thiazole rings is 1. The van der Waals surface area contributed by atoms with Gasteiger partial charge in [-0.2, -0.15) is 0 Å². The Bertz CT molecular complexity index is 1850. The molecule has 0 unspecified atom stereocenters. The number of nitrogens with one attached hydrogen (secondary N) is 2. The molecule has 2 atom stereocenters. The van der Waals surface area contributed by atoms with E-state index >= 15 is 0 Å². The molecule has 1 aliphatic rings. The number of nitrogens with zero attached hydrogens (tertiary/aromatic N) is 3. The molecule has 0 aliphatic carbocycles. The minimum absolute atomic E-state index is 0. The van der Waals surface area contributed by atoms with Gasteiger partial charge >= 0.3 is 59.1 Å². The van der Waals surface area contributed by atoms with Gasteiger partial charge in [0, 0.05) is 5.38 Å². The fourth-order valence-electron chi connectivity index (χ4n) is 5.03. The Labute approximate surface area is 341 Å². The summed E-state index contributed by atoms with van der Waals surface area (Å²) in [6.45, 7) is 2.33. The van der Waals surface area contributed by atoms with Crippen LogP contribution in [0.2, 0.25) is 0 Å². The van der Waals surface area contributed by atoms with Crippen molar-refractivity contribution in [2.24, 2.45) is 5.16 Å². The first-order valence-corrected chi connectivity index (χ1v) is 17.8. The summed E-state index contributed by atoms with van der Waals surface area (Å²) >= 11 is 1.99. The van der Waals surface area contributed by atoms with E-state index in [4.69, 9.17) is 4.84 Å². The Morgan fingerprint density at radius 2 is 1.42 bits per heavy atom. The van der Waals surface area contributed by atoms with Crippen LogP contribution in [0.1, 0.15) is 36.2 Å². The fourth-order valence-corrected chi connectivity index (χ4v) is 7.82. The molecule has 13 nitrogen and oxygen atoms in total. The van der Waals surface area contributed by atoms with Crippen LogP contribution >= 0.6 is 23.1 Å². The average molecular weight is 754 g/mol. The number of aliphatic carboxylic acids is 1. The van der Waals surface area contributed by atoms with E-state index in [1.54, 1.807) is 0 Å². The topological polar surface area (TPSA) is 193 Å². The number of amides is 2. The molecule has 4 aromatic rings. The van der Waals surface area contributed by atoms with Gasteiger partial charge in [-0.25, -0.2) is 17.7 Å². The molecule has 1 fully saturated rings. The van der Waals surface area contributed by atoms with E-state index in [0.717, 1.165) is 39.8 Å². The SMILES string of the molecule is CS[C@@H]1[C@H](NC(=O)C(=NOC(C)(C)C(=O)[O-])c2csc(NC(c3ccccc3)(c3ccccc3)c3ccccc3)n2)C(=O)N1S(=O)(=O)[O-].[Na+].[Na+]. The molecule has 50 heavy (non-hydrogen) atoms. The number of carboxylic acid groups (broad SMARTS) is 1. The number of rotatable bonds is 13. The van der Waals surface area contributed by atoms with Crippen molar-refractivity contribution in [3.8, 4) is 0 Å². The van der Waals surface area contributed by atoms with Crippen LogP contribution in [-0.4, -0.2) is 69.0 Å². The van der Waals surface area contributed by atoms with E-state index in [9.17, 15) is 32.5 Å². The van der Waals surface area contributed by atoms with E-state index in [-0.39, 0.29) is 69.1 Å². The average Bonchev–Trinajstić information content (AvgIpc) is 3.53. The molecule has 0 bridgehead atoms. The van der Waals surface area contributed by atoms with Crippen LogP contribution in [-0.2, 0) is 35.1 Å². The predicted molar refractivity (Wildman–Crippen MR) is 177 cm³/mol. The van der Waals surface area contributed by atoms with E-state index < -0.39 is 56.4 Å². The van der Waals surface area contributed by atoms with Crippen molar-refractivity contribution >= 4 is 62.0 Å². The van der Waals surface area contributed by atoms with Crippen LogP contribution < -0.4 is 74.9 Å². The van der Waals surface area contributed by atoms with Gasteiger partial charge in [-0.3, -0.25) is 9.59 Å². The minimum atomic E-state index is -5.12. The van der Waals surface area contributed by atoms with Gasteiger partial charge in [0.05, 0.1) is 5.97 Å². The number of β-lactam (4-membered cyclic amide) rings is 1. The summed E-state index contributed by atoms with van der Waals surface area (Å²) in [6.07, 6.45) is 1.46. The third kappa shape index (κ3) is 8.63. The van der Waals surface area contributed by atoms with Crippen LogP contribution in [0, 0.1) is 0 Å². The van der Waals surface area contributed by atoms with Gasteiger partial charge in [0.1, 0.15) is 22.6 Å². The number of carbonyl (C=O) groups excluding carboxylic acids is 3. The van der Waals surface area contributed by atoms with Gasteiger partial charge in [0.15, 0.2) is 26.7 Å². The predicted octanol–water partition coefficient (Wildman–Crippen LogP) is -3.72. The number of oxime groups is 1. The largest absolute Gasteiger partial charge is 1.00 e. The summed E-state index contributed by atoms with van der Waals surface area (Å²) in [6, 6.07) is 27.7. The van der Waals surface area contributed by atoms with Crippen LogP contribution in [0.15, 0.2) is 102 Å². The van der Waals surface area contributed by atoms with Crippen molar-refractivity contribution in [2.75, 3.05) is 11.6 Å². The van der Waals surface area contributed by atoms with Crippen LogP contribution in [0.25, 0.3) is 0 Å². The minimum Gasteiger partial charge on any atom is -0.731 e. The van der Waals surface area contributed by atoms with Crippen molar-refractivity contribution < 1.29 is 96.4 Å². The molecule has 1 saturated heterocycles. The Hall–Kier alpha value is -2.77. The third-order valence-electron chi connectivity index (χ3n) is 7.50. The van der Waals surface area contributed by atoms with Crippen molar-refractivity contribution in [1.82, 2.24) is 14.6 Å². The molecule has 0 saturated carbocycles. The Morgan fingerprint density at radius 3 is 1.84 bits per heavy atom. The molecule has 3 aromatic carbocycles. The second kappa shape index (κ2) is 17.2. The Balaban J connectivity index is 0.00000338. The summed E-state index contributed by atoms with van der Waals surface area (Å²) in [5.74, 6) is -3.77. The molecule has 1 aromatic heterocycles. The second-order valence-corrected chi connectivity index (χ2v) is 14.1. The monoisotopic (exact) mass is 753 g/mol. The van der Waals surface area contributed by atoms with E-state index in [0.29, 0.717) is 5.13 Å². The standard InChI is InChI=1S/C32H31N5O8S3.2Na/c1-31(2,29(40)41)45-36-24(26(38)34-25-27(39)37(28(25)46-3)48(42,43)44)23-19-47-30(33-23)35-32(20-13-7-4-8-14-20,21-15-9-5-10-16-21)22-17-11-6-12-18-22;;/h4-19,25,28H,1-3H3,(H,33,35)(H,34,38)(H,40,41)(H,42,43,44);;/q;2*+1/p-2/t25-,28-;;/m1../s1. The number of aromatic nitrogens is 1. The Morgan fingerprint density at radius 1 is 0.940 bits per heavy atom. The number of carbonyl (C=O) groups is 3. The van der Waals surface area contributed by atoms with Crippen LogP contribution in [0.4, 0.5) is 5.13 Å². The molecule has 1 aliphatic heterocycles. The summed E-state index contributed by atoms with van der Waals surface area (Å²) in [5.41, 5.74) is -0.832. The van der Waals surface area contributed by atoms with Gasteiger partial charge < -0.3 is 29.9 Å². The van der Waals surface area contributed by atoms with E-state index in [1.165, 1.54) is 25.5 Å². The number of thioether (sulfide) groups is 1. The number of hydrogen-bond donors (Lipinski definition) is 2. The molecule has 2 heterocycles. The summed E-state index contributed by atoms with van der Waals surface area (Å²) in [7, 11) is -5.12. The van der Waals surface area contributed by atoms with Crippen LogP contribution in [0.3, 0.4) is 0 Å². The first-order chi connectivity index (χ1) is 22.8. The van der Waals surface area contributed by atoms with Crippen molar-refractivity contribution in [2.45, 2.75) is 36.4 Å². The Kier molecular flexibility index (Phi) is 14.3. The van der Waals surface area contributed by atoms with Crippen molar-refractivity contribution in [3.63, 3.8) is 0 Å². The van der Waals surface area contributed by atoms with Gasteiger partial charge in [0.2, 0.25) is 0 Å². The second-order valence-electron chi connectivity index (χ2n) is 11.0. The molecule has 2 N–H and O–H groups in total. The zero-order chi connectivity index (χ0) is 34.7. The maximum absolute atomic E-state index is 13.6. The maximum atomic E-state index is 13.6. The maximum Gasteiger partial charge on any atom is 1.00 e. The normalized spacial score (nSPS) is 16.3.